The Labute approximate surface area is 181 Å². The summed E-state index contributed by atoms with van der Waals surface area (Å²) in [5.41, 5.74) is 1.75. The third kappa shape index (κ3) is 6.13. The average molecular weight is 413 g/mol. The summed E-state index contributed by atoms with van der Waals surface area (Å²) in [6.07, 6.45) is 2.56. The highest BCUT2D eigenvalue weighted by Crippen LogP contribution is 2.29. The molecule has 0 aromatic heterocycles. The van der Waals surface area contributed by atoms with Crippen molar-refractivity contribution >= 4 is 5.69 Å². The molecule has 1 N–H and O–H groups in total. The minimum atomic E-state index is -0.591. The maximum absolute atomic E-state index is 11.1. The van der Waals surface area contributed by atoms with Crippen LogP contribution >= 0.6 is 0 Å². The van der Waals surface area contributed by atoms with Gasteiger partial charge in [0.1, 0.15) is 11.5 Å². The van der Waals surface area contributed by atoms with Gasteiger partial charge >= 0.3 is 0 Å². The molecule has 0 unspecified atom stereocenters. The molecule has 1 saturated heterocycles. The molecular formula is C25H36N2O3. The van der Waals surface area contributed by atoms with Crippen LogP contribution in [0.4, 0.5) is 5.69 Å². The van der Waals surface area contributed by atoms with Gasteiger partial charge in [0, 0.05) is 44.5 Å². The summed E-state index contributed by atoms with van der Waals surface area (Å²) in [7, 11) is 3.80. The van der Waals surface area contributed by atoms with E-state index >= 15 is 0 Å². The molecule has 2 aromatic carbocycles. The number of anilines is 1. The fourth-order valence-electron chi connectivity index (χ4n) is 4.01. The Hall–Kier alpha value is -2.24. The molecule has 0 bridgehead atoms. The minimum absolute atomic E-state index is 0.177. The molecule has 3 rings (SSSR count). The van der Waals surface area contributed by atoms with Crippen LogP contribution in [-0.2, 0) is 6.54 Å². The lowest BCUT2D eigenvalue weighted by Crippen LogP contribution is -2.45. The van der Waals surface area contributed by atoms with Crippen LogP contribution < -0.4 is 14.4 Å². The largest absolute Gasteiger partial charge is 0.496 e. The summed E-state index contributed by atoms with van der Waals surface area (Å²) in [5.74, 6) is 1.83. The van der Waals surface area contributed by atoms with E-state index in [0.717, 1.165) is 62.6 Å². The van der Waals surface area contributed by atoms with Crippen molar-refractivity contribution in [1.29, 1.82) is 0 Å². The van der Waals surface area contributed by atoms with Crippen LogP contribution in [0.1, 0.15) is 38.7 Å². The maximum atomic E-state index is 11.1. The van der Waals surface area contributed by atoms with E-state index in [1.54, 1.807) is 7.11 Å². The molecule has 0 aliphatic carbocycles. The monoisotopic (exact) mass is 412 g/mol. The van der Waals surface area contributed by atoms with Crippen LogP contribution in [0.25, 0.3) is 0 Å². The molecule has 1 aliphatic rings. The van der Waals surface area contributed by atoms with E-state index in [1.165, 1.54) is 5.56 Å². The fraction of sp³-hybridized carbons (Fsp3) is 0.520. The standard InChI is InChI=1S/C25H36N2O3/c1-20(2)30-23-11-9-22(10-12-23)26(3)16-13-25(28)14-17-27(18-15-25)19-21-7-5-6-8-24(21)29-4/h5-12,20,28H,13-19H2,1-4H3. The smallest absolute Gasteiger partial charge is 0.123 e. The Bertz CT molecular complexity index is 783. The van der Waals surface area contributed by atoms with Crippen molar-refractivity contribution in [1.82, 2.24) is 4.90 Å². The molecule has 5 nitrogen and oxygen atoms in total. The Morgan fingerprint density at radius 3 is 2.37 bits per heavy atom. The van der Waals surface area contributed by atoms with Crippen LogP contribution in [0, 0.1) is 0 Å². The van der Waals surface area contributed by atoms with Gasteiger partial charge in [-0.3, -0.25) is 4.90 Å². The molecule has 0 atom stereocenters. The molecule has 30 heavy (non-hydrogen) atoms. The topological polar surface area (TPSA) is 45.2 Å². The Morgan fingerprint density at radius 1 is 1.07 bits per heavy atom. The average Bonchev–Trinajstić information content (AvgIpc) is 2.74. The molecule has 1 aliphatic heterocycles. The highest BCUT2D eigenvalue weighted by Gasteiger charge is 2.32. The van der Waals surface area contributed by atoms with Gasteiger partial charge in [0.2, 0.25) is 0 Å². The third-order valence-electron chi connectivity index (χ3n) is 5.94. The van der Waals surface area contributed by atoms with E-state index in [-0.39, 0.29) is 6.10 Å². The van der Waals surface area contributed by atoms with E-state index in [4.69, 9.17) is 9.47 Å². The summed E-state index contributed by atoms with van der Waals surface area (Å²) >= 11 is 0. The second kappa shape index (κ2) is 10.2. The number of benzene rings is 2. The van der Waals surface area contributed by atoms with Gasteiger partial charge in [-0.25, -0.2) is 0 Å². The number of hydrogen-bond donors (Lipinski definition) is 1. The predicted molar refractivity (Wildman–Crippen MR) is 123 cm³/mol. The number of piperidine rings is 1. The number of para-hydroxylation sites is 1. The zero-order valence-electron chi connectivity index (χ0n) is 18.8. The minimum Gasteiger partial charge on any atom is -0.496 e. The summed E-state index contributed by atoms with van der Waals surface area (Å²) in [6.45, 7) is 7.56. The first-order valence-corrected chi connectivity index (χ1v) is 10.9. The molecule has 0 amide bonds. The Morgan fingerprint density at radius 2 is 1.73 bits per heavy atom. The molecule has 0 spiro atoms. The van der Waals surface area contributed by atoms with Crippen molar-refractivity contribution in [3.63, 3.8) is 0 Å². The maximum Gasteiger partial charge on any atom is 0.123 e. The summed E-state index contributed by atoms with van der Waals surface area (Å²) in [5, 5.41) is 11.1. The highest BCUT2D eigenvalue weighted by atomic mass is 16.5. The number of rotatable bonds is 9. The quantitative estimate of drug-likeness (QED) is 0.664. The molecule has 0 radical (unpaired) electrons. The van der Waals surface area contributed by atoms with Crippen molar-refractivity contribution in [2.45, 2.75) is 51.4 Å². The summed E-state index contributed by atoms with van der Waals surface area (Å²) in [6, 6.07) is 16.4. The van der Waals surface area contributed by atoms with Gasteiger partial charge in [-0.2, -0.15) is 0 Å². The molecule has 164 valence electrons. The van der Waals surface area contributed by atoms with E-state index in [9.17, 15) is 5.11 Å². The van der Waals surface area contributed by atoms with Crippen molar-refractivity contribution in [2.24, 2.45) is 0 Å². The lowest BCUT2D eigenvalue weighted by molar-refractivity contribution is -0.0276. The predicted octanol–water partition coefficient (Wildman–Crippen LogP) is 4.34. The Kier molecular flexibility index (Phi) is 7.62. The second-order valence-corrected chi connectivity index (χ2v) is 8.64. The van der Waals surface area contributed by atoms with E-state index in [2.05, 4.69) is 41.1 Å². The molecule has 1 fully saturated rings. The van der Waals surface area contributed by atoms with E-state index in [1.807, 2.05) is 38.1 Å². The lowest BCUT2D eigenvalue weighted by Gasteiger charge is -2.39. The van der Waals surface area contributed by atoms with E-state index in [0.29, 0.717) is 0 Å². The highest BCUT2D eigenvalue weighted by molar-refractivity contribution is 5.48. The van der Waals surface area contributed by atoms with Gasteiger partial charge in [0.05, 0.1) is 18.8 Å². The molecule has 5 heteroatoms. The van der Waals surface area contributed by atoms with Gasteiger partial charge in [0.15, 0.2) is 0 Å². The van der Waals surface area contributed by atoms with Crippen molar-refractivity contribution < 1.29 is 14.6 Å². The number of aliphatic hydroxyl groups is 1. The Balaban J connectivity index is 1.47. The van der Waals surface area contributed by atoms with Crippen LogP contribution in [0.2, 0.25) is 0 Å². The third-order valence-corrected chi connectivity index (χ3v) is 5.94. The molecule has 2 aromatic rings. The normalized spacial score (nSPS) is 16.5. The zero-order chi connectivity index (χ0) is 21.6. The first-order valence-electron chi connectivity index (χ1n) is 10.9. The zero-order valence-corrected chi connectivity index (χ0v) is 18.8. The SMILES string of the molecule is COc1ccccc1CN1CCC(O)(CCN(C)c2ccc(OC(C)C)cc2)CC1. The van der Waals surface area contributed by atoms with Crippen molar-refractivity contribution in [2.75, 3.05) is 38.7 Å². The van der Waals surface area contributed by atoms with Crippen LogP contribution in [0.5, 0.6) is 11.5 Å². The molecular weight excluding hydrogens is 376 g/mol. The van der Waals surface area contributed by atoms with Crippen LogP contribution in [0.3, 0.4) is 0 Å². The van der Waals surface area contributed by atoms with Gasteiger partial charge in [0.25, 0.3) is 0 Å². The second-order valence-electron chi connectivity index (χ2n) is 8.64. The van der Waals surface area contributed by atoms with Crippen LogP contribution in [0.15, 0.2) is 48.5 Å². The van der Waals surface area contributed by atoms with Gasteiger partial charge in [-0.05, 0) is 63.4 Å². The number of hydrogen-bond acceptors (Lipinski definition) is 5. The van der Waals surface area contributed by atoms with Crippen molar-refractivity contribution in [3.05, 3.63) is 54.1 Å². The van der Waals surface area contributed by atoms with Gasteiger partial charge in [-0.15, -0.1) is 0 Å². The lowest BCUT2D eigenvalue weighted by atomic mass is 9.88. The first kappa shape index (κ1) is 22.4. The summed E-state index contributed by atoms with van der Waals surface area (Å²) in [4.78, 5) is 4.61. The van der Waals surface area contributed by atoms with Crippen molar-refractivity contribution in [3.8, 4) is 11.5 Å². The first-order chi connectivity index (χ1) is 14.4. The number of likely N-dealkylation sites (tertiary alicyclic amines) is 1. The van der Waals surface area contributed by atoms with Gasteiger partial charge in [-0.1, -0.05) is 18.2 Å². The summed E-state index contributed by atoms with van der Waals surface area (Å²) < 4.78 is 11.2. The molecule has 1 heterocycles. The van der Waals surface area contributed by atoms with Gasteiger partial charge < -0.3 is 19.5 Å². The number of nitrogens with zero attached hydrogens (tertiary/aromatic N) is 2. The fourth-order valence-corrected chi connectivity index (χ4v) is 4.01. The number of methoxy groups -OCH3 is 1. The van der Waals surface area contributed by atoms with E-state index < -0.39 is 5.60 Å². The molecule has 0 saturated carbocycles. The number of ether oxygens (including phenoxy) is 2. The van der Waals surface area contributed by atoms with Crippen LogP contribution in [-0.4, -0.2) is 55.5 Å².